The lowest BCUT2D eigenvalue weighted by molar-refractivity contribution is 0.0711. The van der Waals surface area contributed by atoms with Crippen molar-refractivity contribution in [2.24, 2.45) is 0 Å². The predicted octanol–water partition coefficient (Wildman–Crippen LogP) is 1.77. The van der Waals surface area contributed by atoms with Gasteiger partial charge in [-0.05, 0) is 18.6 Å². The number of unbranched alkanes of at least 4 members (excludes halogenated alkanes) is 1. The Kier molecular flexibility index (Phi) is 5.58. The van der Waals surface area contributed by atoms with Gasteiger partial charge in [0.25, 0.3) is 5.91 Å². The number of hydrogen-bond acceptors (Lipinski definition) is 3. The van der Waals surface area contributed by atoms with Crippen LogP contribution in [0.2, 0.25) is 0 Å². The number of phenols is 1. The molecule has 1 amide bonds. The summed E-state index contributed by atoms with van der Waals surface area (Å²) >= 11 is 0. The topological polar surface area (TPSA) is 60.8 Å². The molecule has 1 rings (SSSR count). The molecule has 0 heterocycles. The van der Waals surface area contributed by atoms with E-state index >= 15 is 0 Å². The second-order valence-corrected chi connectivity index (χ2v) is 4.00. The molecule has 100 valence electrons. The number of carbonyl (C=O) groups is 1. The van der Waals surface area contributed by atoms with Crippen molar-refractivity contribution in [3.05, 3.63) is 29.6 Å². The lowest BCUT2D eigenvalue weighted by Crippen LogP contribution is -2.35. The van der Waals surface area contributed by atoms with Crippen molar-refractivity contribution in [2.45, 2.75) is 19.8 Å². The van der Waals surface area contributed by atoms with Crippen molar-refractivity contribution in [1.82, 2.24) is 4.90 Å². The molecule has 1 aromatic carbocycles. The number of amides is 1. The fourth-order valence-electron chi connectivity index (χ4n) is 1.67. The normalized spacial score (nSPS) is 10.4. The van der Waals surface area contributed by atoms with Crippen molar-refractivity contribution in [2.75, 3.05) is 19.7 Å². The number of aliphatic hydroxyl groups excluding tert-OH is 1. The van der Waals surface area contributed by atoms with E-state index in [1.807, 2.05) is 6.92 Å². The van der Waals surface area contributed by atoms with Crippen LogP contribution in [0.15, 0.2) is 18.2 Å². The van der Waals surface area contributed by atoms with Gasteiger partial charge in [0.1, 0.15) is 17.1 Å². The van der Waals surface area contributed by atoms with E-state index in [0.29, 0.717) is 6.54 Å². The van der Waals surface area contributed by atoms with E-state index in [4.69, 9.17) is 5.11 Å². The molecule has 0 aliphatic rings. The first-order chi connectivity index (χ1) is 8.61. The maximum atomic E-state index is 13.6. The number of rotatable bonds is 6. The average molecular weight is 255 g/mol. The number of hydrogen-bond donors (Lipinski definition) is 2. The summed E-state index contributed by atoms with van der Waals surface area (Å²) < 4.78 is 13.6. The molecule has 5 heteroatoms. The standard InChI is InChI=1S/C13H18FNO3/c1-2-3-7-15(8-9-16)13(18)12-10(14)5-4-6-11(12)17/h4-6,16-17H,2-3,7-9H2,1H3. The molecule has 0 atom stereocenters. The molecule has 2 N–H and O–H groups in total. The second kappa shape index (κ2) is 6.96. The van der Waals surface area contributed by atoms with Crippen LogP contribution in [-0.4, -0.2) is 40.7 Å². The van der Waals surface area contributed by atoms with Gasteiger partial charge in [-0.3, -0.25) is 4.79 Å². The number of nitrogens with zero attached hydrogens (tertiary/aromatic N) is 1. The molecule has 0 aromatic heterocycles. The Labute approximate surface area is 106 Å². The molecule has 0 saturated carbocycles. The minimum atomic E-state index is -0.751. The van der Waals surface area contributed by atoms with Gasteiger partial charge in [-0.15, -0.1) is 0 Å². The van der Waals surface area contributed by atoms with Crippen LogP contribution < -0.4 is 0 Å². The highest BCUT2D eigenvalue weighted by atomic mass is 19.1. The van der Waals surface area contributed by atoms with Gasteiger partial charge in [0.05, 0.1) is 6.61 Å². The summed E-state index contributed by atoms with van der Waals surface area (Å²) in [4.78, 5) is 13.4. The monoisotopic (exact) mass is 255 g/mol. The average Bonchev–Trinajstić information content (AvgIpc) is 2.34. The summed E-state index contributed by atoms with van der Waals surface area (Å²) in [7, 11) is 0. The summed E-state index contributed by atoms with van der Waals surface area (Å²) in [6.45, 7) is 2.35. The van der Waals surface area contributed by atoms with Crippen molar-refractivity contribution in [3.63, 3.8) is 0 Å². The van der Waals surface area contributed by atoms with Gasteiger partial charge < -0.3 is 15.1 Å². The quantitative estimate of drug-likeness (QED) is 0.814. The zero-order valence-electron chi connectivity index (χ0n) is 10.4. The maximum Gasteiger partial charge on any atom is 0.260 e. The highest BCUT2D eigenvalue weighted by molar-refractivity contribution is 5.97. The second-order valence-electron chi connectivity index (χ2n) is 4.00. The van der Waals surface area contributed by atoms with Crippen LogP contribution in [-0.2, 0) is 0 Å². The molecule has 1 aromatic rings. The van der Waals surface area contributed by atoms with Gasteiger partial charge in [-0.25, -0.2) is 4.39 Å². The van der Waals surface area contributed by atoms with Crippen molar-refractivity contribution in [1.29, 1.82) is 0 Å². The lowest BCUT2D eigenvalue weighted by Gasteiger charge is -2.22. The smallest absolute Gasteiger partial charge is 0.260 e. The third-order valence-corrected chi connectivity index (χ3v) is 2.64. The molecule has 4 nitrogen and oxygen atoms in total. The van der Waals surface area contributed by atoms with Crippen LogP contribution in [0.3, 0.4) is 0 Å². The fraction of sp³-hybridized carbons (Fsp3) is 0.462. The third-order valence-electron chi connectivity index (χ3n) is 2.64. The van der Waals surface area contributed by atoms with E-state index < -0.39 is 11.7 Å². The van der Waals surface area contributed by atoms with Gasteiger partial charge in [0, 0.05) is 13.1 Å². The SMILES string of the molecule is CCCCN(CCO)C(=O)c1c(O)cccc1F. The third kappa shape index (κ3) is 3.43. The molecule has 0 aliphatic carbocycles. The van der Waals surface area contributed by atoms with E-state index in [2.05, 4.69) is 0 Å². The van der Waals surface area contributed by atoms with Gasteiger partial charge >= 0.3 is 0 Å². The largest absolute Gasteiger partial charge is 0.507 e. The summed E-state index contributed by atoms with van der Waals surface area (Å²) in [5.74, 6) is -1.72. The molecule has 0 bridgehead atoms. The maximum absolute atomic E-state index is 13.6. The Balaban J connectivity index is 2.94. The Bertz CT molecular complexity index is 389. The summed E-state index contributed by atoms with van der Waals surface area (Å²) in [5.41, 5.74) is -0.331. The van der Waals surface area contributed by atoms with Crippen LogP contribution in [0, 0.1) is 5.82 Å². The molecular weight excluding hydrogens is 237 g/mol. The molecule has 0 aliphatic heterocycles. The summed E-state index contributed by atoms with van der Waals surface area (Å²) in [6, 6.07) is 3.74. The van der Waals surface area contributed by atoms with E-state index in [-0.39, 0.29) is 24.5 Å². The predicted molar refractivity (Wildman–Crippen MR) is 66.0 cm³/mol. The Morgan fingerprint density at radius 3 is 2.67 bits per heavy atom. The minimum Gasteiger partial charge on any atom is -0.507 e. The van der Waals surface area contributed by atoms with Gasteiger partial charge in [-0.2, -0.15) is 0 Å². The van der Waals surface area contributed by atoms with Crippen LogP contribution in [0.4, 0.5) is 4.39 Å². The van der Waals surface area contributed by atoms with E-state index in [1.54, 1.807) is 0 Å². The number of carbonyl (C=O) groups excluding carboxylic acids is 1. The van der Waals surface area contributed by atoms with Gasteiger partial charge in [0.15, 0.2) is 0 Å². The van der Waals surface area contributed by atoms with Crippen molar-refractivity contribution >= 4 is 5.91 Å². The number of aliphatic hydroxyl groups is 1. The number of benzene rings is 1. The Hall–Kier alpha value is -1.62. The van der Waals surface area contributed by atoms with E-state index in [0.717, 1.165) is 18.9 Å². The van der Waals surface area contributed by atoms with Gasteiger partial charge in [0.2, 0.25) is 0 Å². The zero-order valence-corrected chi connectivity index (χ0v) is 10.4. The zero-order chi connectivity index (χ0) is 13.5. The highest BCUT2D eigenvalue weighted by Gasteiger charge is 2.21. The molecule has 0 unspecified atom stereocenters. The molecule has 0 fully saturated rings. The van der Waals surface area contributed by atoms with Crippen molar-refractivity contribution < 1.29 is 19.4 Å². The molecule has 0 radical (unpaired) electrons. The fourth-order valence-corrected chi connectivity index (χ4v) is 1.67. The minimum absolute atomic E-state index is 0.132. The first-order valence-electron chi connectivity index (χ1n) is 5.99. The van der Waals surface area contributed by atoms with Crippen LogP contribution in [0.5, 0.6) is 5.75 Å². The van der Waals surface area contributed by atoms with E-state index in [9.17, 15) is 14.3 Å². The summed E-state index contributed by atoms with van der Waals surface area (Å²) in [6.07, 6.45) is 1.65. The molecular formula is C13H18FNO3. The summed E-state index contributed by atoms with van der Waals surface area (Å²) in [5, 5.41) is 18.5. The Morgan fingerprint density at radius 1 is 1.39 bits per heavy atom. The molecule has 0 saturated heterocycles. The lowest BCUT2D eigenvalue weighted by atomic mass is 10.1. The number of phenolic OH excluding ortho intramolecular Hbond substituents is 1. The molecule has 0 spiro atoms. The highest BCUT2D eigenvalue weighted by Crippen LogP contribution is 2.21. The number of halogens is 1. The van der Waals surface area contributed by atoms with E-state index in [1.165, 1.54) is 17.0 Å². The first kappa shape index (κ1) is 14.4. The number of aromatic hydroxyl groups is 1. The van der Waals surface area contributed by atoms with Crippen LogP contribution in [0.25, 0.3) is 0 Å². The van der Waals surface area contributed by atoms with Crippen molar-refractivity contribution in [3.8, 4) is 5.75 Å². The van der Waals surface area contributed by atoms with Crippen LogP contribution in [0.1, 0.15) is 30.1 Å². The van der Waals surface area contributed by atoms with Crippen LogP contribution >= 0.6 is 0 Å². The Morgan fingerprint density at radius 2 is 2.11 bits per heavy atom. The molecule has 18 heavy (non-hydrogen) atoms. The first-order valence-corrected chi connectivity index (χ1v) is 5.99. The van der Waals surface area contributed by atoms with Gasteiger partial charge in [-0.1, -0.05) is 19.4 Å².